The Bertz CT molecular complexity index is 1680. The molecule has 4 aromatic carbocycles. The minimum Gasteiger partial charge on any atom is -0.454 e. The highest BCUT2D eigenvalue weighted by Crippen LogP contribution is 2.31. The van der Waals surface area contributed by atoms with Crippen molar-refractivity contribution >= 4 is 45.7 Å². The van der Waals surface area contributed by atoms with Crippen molar-refractivity contribution in [2.24, 2.45) is 0 Å². The molecule has 36 heavy (non-hydrogen) atoms. The summed E-state index contributed by atoms with van der Waals surface area (Å²) in [5.41, 5.74) is 4.83. The summed E-state index contributed by atoms with van der Waals surface area (Å²) in [6.07, 6.45) is 3.75. The van der Waals surface area contributed by atoms with Crippen LogP contribution in [0, 0.1) is 0 Å². The Morgan fingerprint density at radius 2 is 1.33 bits per heavy atom. The van der Waals surface area contributed by atoms with Crippen molar-refractivity contribution < 1.29 is 4.42 Å². The van der Waals surface area contributed by atoms with Gasteiger partial charge in [-0.3, -0.25) is 4.98 Å². The van der Waals surface area contributed by atoms with E-state index in [0.29, 0.717) is 0 Å². The molecule has 6 rings (SSSR count). The molecule has 0 saturated heterocycles. The third kappa shape index (κ3) is 3.44. The van der Waals surface area contributed by atoms with E-state index in [0.717, 1.165) is 38.4 Å². The van der Waals surface area contributed by atoms with E-state index in [-0.39, 0.29) is 0 Å². The van der Waals surface area contributed by atoms with Crippen molar-refractivity contribution in [3.63, 3.8) is 0 Å². The van der Waals surface area contributed by atoms with Gasteiger partial charge in [0.1, 0.15) is 11.1 Å². The van der Waals surface area contributed by atoms with Gasteiger partial charge in [-0.2, -0.15) is 0 Å². The average Bonchev–Trinajstić information content (AvgIpc) is 3.33. The molecule has 0 atom stereocenters. The summed E-state index contributed by atoms with van der Waals surface area (Å²) in [7, 11) is -2.62. The molecule has 0 N–H and O–H groups in total. The third-order valence-electron chi connectivity index (χ3n) is 7.00. The predicted molar refractivity (Wildman–Crippen MR) is 154 cm³/mol. The number of fused-ring (bicyclic) bond motifs is 3. The Balaban J connectivity index is 1.59. The normalized spacial score (nSPS) is 11.6. The Kier molecular flexibility index (Phi) is 5.48. The molecule has 0 unspecified atom stereocenters. The number of nitrogens with zero attached hydrogens (tertiary/aromatic N) is 1. The van der Waals surface area contributed by atoms with Crippen LogP contribution < -0.4 is 15.6 Å². The van der Waals surface area contributed by atoms with E-state index >= 15 is 0 Å². The van der Waals surface area contributed by atoms with E-state index in [4.69, 9.17) is 4.42 Å². The van der Waals surface area contributed by atoms with Crippen molar-refractivity contribution in [1.82, 2.24) is 4.98 Å². The lowest BCUT2D eigenvalue weighted by atomic mass is 10.0. The molecule has 2 aromatic heterocycles. The molecule has 0 bridgehead atoms. The van der Waals surface area contributed by atoms with Crippen molar-refractivity contribution in [2.45, 2.75) is 0 Å². The minimum atomic E-state index is -2.62. The summed E-state index contributed by atoms with van der Waals surface area (Å²) in [6, 6.07) is 40.7. The summed E-state index contributed by atoms with van der Waals surface area (Å²) in [5, 5.41) is 5.95. The second-order valence-corrected chi connectivity index (χ2v) is 12.8. The maximum absolute atomic E-state index is 6.00. The van der Waals surface area contributed by atoms with Gasteiger partial charge in [-0.05, 0) is 51.0 Å². The molecular weight excluding hydrogens is 454 g/mol. The summed E-state index contributed by atoms with van der Waals surface area (Å²) < 4.78 is 6.00. The molecule has 2 heterocycles. The van der Waals surface area contributed by atoms with Crippen LogP contribution in [0.15, 0.2) is 150 Å². The van der Waals surface area contributed by atoms with Crippen molar-refractivity contribution in [2.75, 3.05) is 0 Å². The first-order valence-electron chi connectivity index (χ1n) is 12.0. The molecular formula is C33H25NOSi. The van der Waals surface area contributed by atoms with Gasteiger partial charge in [0.2, 0.25) is 0 Å². The van der Waals surface area contributed by atoms with Crippen molar-refractivity contribution in [3.8, 4) is 11.1 Å². The summed E-state index contributed by atoms with van der Waals surface area (Å²) >= 11 is 0. The fraction of sp³-hybridized carbons (Fsp3) is 0. The smallest absolute Gasteiger partial charge is 0.179 e. The van der Waals surface area contributed by atoms with E-state index in [9.17, 15) is 0 Å². The van der Waals surface area contributed by atoms with Crippen LogP contribution >= 0.6 is 0 Å². The number of pyridine rings is 1. The fourth-order valence-corrected chi connectivity index (χ4v) is 9.82. The second kappa shape index (κ2) is 8.95. The third-order valence-corrected chi connectivity index (χ3v) is 11.7. The summed E-state index contributed by atoms with van der Waals surface area (Å²) in [5.74, 6) is 0. The zero-order valence-corrected chi connectivity index (χ0v) is 20.9. The highest BCUT2D eigenvalue weighted by Gasteiger charge is 2.41. The van der Waals surface area contributed by atoms with E-state index in [1.807, 2.05) is 30.5 Å². The van der Waals surface area contributed by atoms with Crippen LogP contribution in [0.5, 0.6) is 0 Å². The summed E-state index contributed by atoms with van der Waals surface area (Å²) in [6.45, 7) is 8.73. The van der Waals surface area contributed by atoms with Crippen LogP contribution in [0.4, 0.5) is 0 Å². The molecule has 0 radical (unpaired) electrons. The maximum Gasteiger partial charge on any atom is 0.179 e. The Morgan fingerprint density at radius 3 is 2.03 bits per heavy atom. The highest BCUT2D eigenvalue weighted by molar-refractivity contribution is 7.16. The number of furan rings is 1. The lowest BCUT2D eigenvalue weighted by Gasteiger charge is -2.34. The molecule has 6 aromatic rings. The molecule has 0 saturated carbocycles. The highest BCUT2D eigenvalue weighted by atomic mass is 28.3. The number of rotatable bonds is 6. The SMILES string of the molecule is C=CC(=C)[Si](c1ccccc1)(c1ccccc1)c1cccc(-c2ccc3oc4cccnc4c3c2)c1. The van der Waals surface area contributed by atoms with Crippen LogP contribution in [-0.4, -0.2) is 13.1 Å². The number of hydrogen-bond donors (Lipinski definition) is 0. The quantitative estimate of drug-likeness (QED) is 0.157. The molecule has 0 amide bonds. The van der Waals surface area contributed by atoms with Gasteiger partial charge in [0.25, 0.3) is 0 Å². The van der Waals surface area contributed by atoms with Gasteiger partial charge in [-0.15, -0.1) is 0 Å². The number of aromatic nitrogens is 1. The lowest BCUT2D eigenvalue weighted by Crippen LogP contribution is -2.68. The van der Waals surface area contributed by atoms with E-state index in [1.54, 1.807) is 0 Å². The largest absolute Gasteiger partial charge is 0.454 e. The standard InChI is InChI=1S/C33H25NOSi/c1-3-24(2)36(27-13-6-4-7-14-27,28-15-8-5-9-16-28)29-17-10-12-25(22-29)26-19-20-31-30(23-26)33-32(35-31)18-11-21-34-33/h3-23H,1-2H2. The Labute approximate surface area is 211 Å². The first kappa shape index (κ1) is 22.0. The molecule has 172 valence electrons. The van der Waals surface area contributed by atoms with Gasteiger partial charge in [0, 0.05) is 11.6 Å². The molecule has 0 fully saturated rings. The van der Waals surface area contributed by atoms with E-state index in [1.165, 1.54) is 15.6 Å². The average molecular weight is 480 g/mol. The fourth-order valence-electron chi connectivity index (χ4n) is 5.29. The van der Waals surface area contributed by atoms with Gasteiger partial charge in [0.15, 0.2) is 13.7 Å². The minimum absolute atomic E-state index is 0.806. The van der Waals surface area contributed by atoms with Crippen LogP contribution in [0.25, 0.3) is 33.2 Å². The van der Waals surface area contributed by atoms with Gasteiger partial charge in [-0.1, -0.05) is 115 Å². The maximum atomic E-state index is 6.00. The molecule has 0 spiro atoms. The topological polar surface area (TPSA) is 26.0 Å². The van der Waals surface area contributed by atoms with Gasteiger partial charge >= 0.3 is 0 Å². The second-order valence-electron chi connectivity index (χ2n) is 8.96. The molecule has 0 aliphatic rings. The van der Waals surface area contributed by atoms with Gasteiger partial charge in [0.05, 0.1) is 0 Å². The lowest BCUT2D eigenvalue weighted by molar-refractivity contribution is 0.668. The molecule has 2 nitrogen and oxygen atoms in total. The predicted octanol–water partition coefficient (Wildman–Crippen LogP) is 6.40. The first-order chi connectivity index (χ1) is 17.7. The zero-order valence-electron chi connectivity index (χ0n) is 19.9. The van der Waals surface area contributed by atoms with Gasteiger partial charge in [-0.25, -0.2) is 0 Å². The number of benzene rings is 4. The summed E-state index contributed by atoms with van der Waals surface area (Å²) in [4.78, 5) is 4.56. The van der Waals surface area contributed by atoms with E-state index < -0.39 is 8.07 Å². The number of hydrogen-bond acceptors (Lipinski definition) is 2. The van der Waals surface area contributed by atoms with Crippen molar-refractivity contribution in [1.29, 1.82) is 0 Å². The van der Waals surface area contributed by atoms with Gasteiger partial charge < -0.3 is 4.42 Å². The number of allylic oxidation sites excluding steroid dienone is 2. The van der Waals surface area contributed by atoms with Crippen LogP contribution in [-0.2, 0) is 0 Å². The first-order valence-corrected chi connectivity index (χ1v) is 14.0. The Hall–Kier alpha value is -4.47. The van der Waals surface area contributed by atoms with Crippen molar-refractivity contribution in [3.05, 3.63) is 146 Å². The van der Waals surface area contributed by atoms with E-state index in [2.05, 4.69) is 115 Å². The molecule has 0 aliphatic heterocycles. The van der Waals surface area contributed by atoms with Crippen LogP contribution in [0.2, 0.25) is 0 Å². The molecule has 3 heteroatoms. The van der Waals surface area contributed by atoms with Crippen LogP contribution in [0.1, 0.15) is 0 Å². The van der Waals surface area contributed by atoms with Crippen LogP contribution in [0.3, 0.4) is 0 Å². The Morgan fingerprint density at radius 1 is 0.667 bits per heavy atom. The zero-order chi connectivity index (χ0) is 24.5. The monoisotopic (exact) mass is 479 g/mol. The molecule has 0 aliphatic carbocycles.